The Balaban J connectivity index is 1.43. The molecule has 1 N–H and O–H groups in total. The van der Waals surface area contributed by atoms with Gasteiger partial charge >= 0.3 is 0 Å². The van der Waals surface area contributed by atoms with Gasteiger partial charge < -0.3 is 9.15 Å². The number of ether oxygens (including phenoxy) is 1. The number of aryl methyl sites for hydroxylation is 1. The van der Waals surface area contributed by atoms with Crippen LogP contribution in [0, 0.1) is 0 Å². The lowest BCUT2D eigenvalue weighted by molar-refractivity contribution is -0.127. The number of furan rings is 1. The maximum Gasteiger partial charge on any atom is 0.280 e. The van der Waals surface area contributed by atoms with Crippen molar-refractivity contribution in [3.63, 3.8) is 0 Å². The van der Waals surface area contributed by atoms with Crippen LogP contribution >= 0.6 is 0 Å². The molecule has 1 amide bonds. The number of fused-ring (bicyclic) bond motifs is 2. The van der Waals surface area contributed by atoms with E-state index < -0.39 is 6.10 Å². The maximum absolute atomic E-state index is 12.4. The SMILES string of the molecule is CCc1oc2ccccc2c1/C=N\NC(=O)[C@@H](C)Oc1ccc2ccccc2c1. The summed E-state index contributed by atoms with van der Waals surface area (Å²) in [6, 6.07) is 21.6. The number of amides is 1. The minimum atomic E-state index is -0.681. The van der Waals surface area contributed by atoms with Crippen LogP contribution in [0.1, 0.15) is 25.2 Å². The Hall–Kier alpha value is -3.60. The van der Waals surface area contributed by atoms with E-state index in [9.17, 15) is 4.79 Å². The molecule has 0 saturated heterocycles. The summed E-state index contributed by atoms with van der Waals surface area (Å²) >= 11 is 0. The van der Waals surface area contributed by atoms with Crippen molar-refractivity contribution in [2.45, 2.75) is 26.4 Å². The molecular formula is C24H22N2O3. The average Bonchev–Trinajstić information content (AvgIpc) is 3.11. The molecule has 0 radical (unpaired) electrons. The van der Waals surface area contributed by atoms with Crippen molar-refractivity contribution in [2.24, 2.45) is 5.10 Å². The Bertz CT molecular complexity index is 1190. The van der Waals surface area contributed by atoms with Crippen molar-refractivity contribution in [1.82, 2.24) is 5.43 Å². The summed E-state index contributed by atoms with van der Waals surface area (Å²) in [4.78, 5) is 12.4. The normalized spacial score (nSPS) is 12.5. The number of rotatable bonds is 6. The van der Waals surface area contributed by atoms with Gasteiger partial charge in [0.05, 0.1) is 6.21 Å². The molecule has 0 saturated carbocycles. The summed E-state index contributed by atoms with van der Waals surface area (Å²) in [5.74, 6) is 1.16. The first-order chi connectivity index (χ1) is 14.2. The van der Waals surface area contributed by atoms with Gasteiger partial charge in [-0.2, -0.15) is 5.10 Å². The van der Waals surface area contributed by atoms with Gasteiger partial charge in [-0.25, -0.2) is 5.43 Å². The van der Waals surface area contributed by atoms with Gasteiger partial charge in [0.1, 0.15) is 17.1 Å². The van der Waals surface area contributed by atoms with Gasteiger partial charge in [0.25, 0.3) is 5.91 Å². The van der Waals surface area contributed by atoms with Gasteiger partial charge in [-0.1, -0.05) is 55.5 Å². The molecule has 29 heavy (non-hydrogen) atoms. The number of hydrazone groups is 1. The first-order valence-electron chi connectivity index (χ1n) is 9.64. The van der Waals surface area contributed by atoms with Crippen molar-refractivity contribution in [3.05, 3.63) is 78.1 Å². The summed E-state index contributed by atoms with van der Waals surface area (Å²) in [7, 11) is 0. The van der Waals surface area contributed by atoms with Crippen LogP contribution in [0.2, 0.25) is 0 Å². The fourth-order valence-corrected chi connectivity index (χ4v) is 3.27. The van der Waals surface area contributed by atoms with Gasteiger partial charge in [-0.3, -0.25) is 4.79 Å². The van der Waals surface area contributed by atoms with E-state index in [1.54, 1.807) is 13.1 Å². The highest BCUT2D eigenvalue weighted by Gasteiger charge is 2.15. The van der Waals surface area contributed by atoms with Crippen molar-refractivity contribution >= 4 is 33.9 Å². The molecule has 3 aromatic carbocycles. The summed E-state index contributed by atoms with van der Waals surface area (Å²) in [6.45, 7) is 3.72. The molecule has 146 valence electrons. The van der Waals surface area contributed by atoms with Crippen molar-refractivity contribution < 1.29 is 13.9 Å². The fourth-order valence-electron chi connectivity index (χ4n) is 3.27. The van der Waals surface area contributed by atoms with Gasteiger partial charge in [0.2, 0.25) is 0 Å². The molecule has 1 aromatic heterocycles. The molecular weight excluding hydrogens is 364 g/mol. The first kappa shape index (κ1) is 18.7. The zero-order valence-corrected chi connectivity index (χ0v) is 16.4. The maximum atomic E-state index is 12.4. The van der Waals surface area contributed by atoms with E-state index in [-0.39, 0.29) is 5.91 Å². The van der Waals surface area contributed by atoms with E-state index >= 15 is 0 Å². The molecule has 0 aliphatic rings. The quantitative estimate of drug-likeness (QED) is 0.372. The molecule has 0 unspecified atom stereocenters. The number of nitrogens with one attached hydrogen (secondary N) is 1. The van der Waals surface area contributed by atoms with Crippen molar-refractivity contribution in [2.75, 3.05) is 0 Å². The third kappa shape index (κ3) is 3.99. The molecule has 0 spiro atoms. The van der Waals surface area contributed by atoms with Gasteiger partial charge in [0, 0.05) is 17.4 Å². The summed E-state index contributed by atoms with van der Waals surface area (Å²) < 4.78 is 11.6. The number of carbonyl (C=O) groups excluding carboxylic acids is 1. The molecule has 0 fully saturated rings. The molecule has 5 heteroatoms. The number of benzene rings is 3. The smallest absolute Gasteiger partial charge is 0.280 e. The Morgan fingerprint density at radius 2 is 1.86 bits per heavy atom. The Labute approximate surface area is 169 Å². The lowest BCUT2D eigenvalue weighted by atomic mass is 10.1. The van der Waals surface area contributed by atoms with E-state index in [4.69, 9.17) is 9.15 Å². The van der Waals surface area contributed by atoms with E-state index in [1.165, 1.54) is 0 Å². The zero-order chi connectivity index (χ0) is 20.2. The first-order valence-corrected chi connectivity index (χ1v) is 9.64. The molecule has 4 rings (SSSR count). The second-order valence-electron chi connectivity index (χ2n) is 6.79. The third-order valence-electron chi connectivity index (χ3n) is 4.80. The third-order valence-corrected chi connectivity index (χ3v) is 4.80. The highest BCUT2D eigenvalue weighted by molar-refractivity contribution is 5.99. The van der Waals surface area contributed by atoms with Gasteiger partial charge in [0.15, 0.2) is 6.10 Å². The van der Waals surface area contributed by atoms with Crippen LogP contribution in [0.25, 0.3) is 21.7 Å². The largest absolute Gasteiger partial charge is 0.481 e. The van der Waals surface area contributed by atoms with Crippen LogP contribution in [0.3, 0.4) is 0 Å². The molecule has 5 nitrogen and oxygen atoms in total. The summed E-state index contributed by atoms with van der Waals surface area (Å²) in [5, 5.41) is 7.29. The minimum absolute atomic E-state index is 0.319. The zero-order valence-electron chi connectivity index (χ0n) is 16.4. The topological polar surface area (TPSA) is 63.8 Å². The van der Waals surface area contributed by atoms with Crippen LogP contribution in [0.15, 0.2) is 76.2 Å². The number of hydrogen-bond donors (Lipinski definition) is 1. The number of para-hydroxylation sites is 1. The monoisotopic (exact) mass is 386 g/mol. The van der Waals surface area contributed by atoms with Crippen molar-refractivity contribution in [3.8, 4) is 5.75 Å². The van der Waals surface area contributed by atoms with E-state index in [1.807, 2.05) is 73.7 Å². The number of hydrogen-bond acceptors (Lipinski definition) is 4. The molecule has 1 heterocycles. The van der Waals surface area contributed by atoms with Crippen LogP contribution in [0.4, 0.5) is 0 Å². The van der Waals surface area contributed by atoms with E-state index in [0.717, 1.165) is 39.5 Å². The number of nitrogens with zero attached hydrogens (tertiary/aromatic N) is 1. The summed E-state index contributed by atoms with van der Waals surface area (Å²) in [6.07, 6.45) is 1.69. The van der Waals surface area contributed by atoms with Crippen molar-refractivity contribution in [1.29, 1.82) is 0 Å². The Morgan fingerprint density at radius 3 is 2.69 bits per heavy atom. The second-order valence-corrected chi connectivity index (χ2v) is 6.79. The van der Waals surface area contributed by atoms with E-state index in [2.05, 4.69) is 10.5 Å². The predicted molar refractivity (Wildman–Crippen MR) is 115 cm³/mol. The lowest BCUT2D eigenvalue weighted by Crippen LogP contribution is -2.33. The lowest BCUT2D eigenvalue weighted by Gasteiger charge is -2.13. The Kier molecular flexibility index (Phi) is 5.29. The Morgan fingerprint density at radius 1 is 1.10 bits per heavy atom. The van der Waals surface area contributed by atoms with E-state index in [0.29, 0.717) is 5.75 Å². The van der Waals surface area contributed by atoms with Crippen LogP contribution in [0.5, 0.6) is 5.75 Å². The second kappa shape index (κ2) is 8.19. The fraction of sp³-hybridized carbons (Fsp3) is 0.167. The average molecular weight is 386 g/mol. The molecule has 0 aliphatic carbocycles. The molecule has 0 aliphatic heterocycles. The molecule has 0 bridgehead atoms. The standard InChI is InChI=1S/C24H22N2O3/c1-3-22-21(20-10-6-7-11-23(20)29-22)15-25-26-24(27)16(2)28-19-13-12-17-8-4-5-9-18(17)14-19/h4-16H,3H2,1-2H3,(H,26,27)/b25-15-/t16-/m1/s1. The molecule has 4 aromatic rings. The highest BCUT2D eigenvalue weighted by atomic mass is 16.5. The van der Waals surface area contributed by atoms with Crippen LogP contribution in [-0.4, -0.2) is 18.2 Å². The predicted octanol–water partition coefficient (Wildman–Crippen LogP) is 5.07. The summed E-state index contributed by atoms with van der Waals surface area (Å²) in [5.41, 5.74) is 4.25. The highest BCUT2D eigenvalue weighted by Crippen LogP contribution is 2.25. The molecule has 1 atom stereocenters. The minimum Gasteiger partial charge on any atom is -0.481 e. The van der Waals surface area contributed by atoms with Gasteiger partial charge in [-0.15, -0.1) is 0 Å². The number of carbonyl (C=O) groups is 1. The van der Waals surface area contributed by atoms with Crippen LogP contribution in [-0.2, 0) is 11.2 Å². The van der Waals surface area contributed by atoms with Crippen LogP contribution < -0.4 is 10.2 Å². The van der Waals surface area contributed by atoms with Gasteiger partial charge in [-0.05, 0) is 35.9 Å².